The molecule has 0 amide bonds. The monoisotopic (exact) mass is 254 g/mol. The highest BCUT2D eigenvalue weighted by Gasteiger charge is 2.19. The fourth-order valence-electron chi connectivity index (χ4n) is 2.56. The minimum absolute atomic E-state index is 0.104. The minimum Gasteiger partial charge on any atom is -0.268 e. The summed E-state index contributed by atoms with van der Waals surface area (Å²) >= 11 is 0. The van der Waals surface area contributed by atoms with Crippen molar-refractivity contribution >= 4 is 0 Å². The van der Waals surface area contributed by atoms with Crippen molar-refractivity contribution in [1.29, 1.82) is 0 Å². The first kappa shape index (κ1) is 12.2. The molecule has 98 valence electrons. The summed E-state index contributed by atoms with van der Waals surface area (Å²) in [5.41, 5.74) is 4.96. The predicted molar refractivity (Wildman–Crippen MR) is 76.4 cm³/mol. The number of benzene rings is 1. The molecule has 0 saturated heterocycles. The third-order valence-corrected chi connectivity index (χ3v) is 4.29. The van der Waals surface area contributed by atoms with E-state index in [1.165, 1.54) is 24.8 Å². The third-order valence-electron chi connectivity index (χ3n) is 4.29. The van der Waals surface area contributed by atoms with Crippen LogP contribution in [-0.2, 0) is 0 Å². The molecule has 3 nitrogen and oxygen atoms in total. The Bertz CT molecular complexity index is 651. The van der Waals surface area contributed by atoms with Crippen molar-refractivity contribution in [2.24, 2.45) is 0 Å². The van der Waals surface area contributed by atoms with E-state index in [2.05, 4.69) is 34.5 Å². The summed E-state index contributed by atoms with van der Waals surface area (Å²) in [4.78, 5) is 11.5. The zero-order valence-electron chi connectivity index (χ0n) is 11.4. The molecule has 1 saturated carbocycles. The Morgan fingerprint density at radius 2 is 1.79 bits per heavy atom. The van der Waals surface area contributed by atoms with E-state index in [9.17, 15) is 4.79 Å². The van der Waals surface area contributed by atoms with Gasteiger partial charge in [0.2, 0.25) is 0 Å². The lowest BCUT2D eigenvalue weighted by atomic mass is 9.80. The summed E-state index contributed by atoms with van der Waals surface area (Å²) in [5.74, 6) is 0.750. The summed E-state index contributed by atoms with van der Waals surface area (Å²) in [6.45, 7) is 3.79. The molecule has 0 aliphatic heterocycles. The molecule has 1 aliphatic carbocycles. The van der Waals surface area contributed by atoms with E-state index in [4.69, 9.17) is 0 Å². The zero-order valence-corrected chi connectivity index (χ0v) is 11.4. The number of aromatic nitrogens is 2. The van der Waals surface area contributed by atoms with Gasteiger partial charge in [0.05, 0.1) is 5.69 Å². The fraction of sp³-hybridized carbons (Fsp3) is 0.375. The number of nitrogens with one attached hydrogen (secondary N) is 1. The average molecular weight is 254 g/mol. The summed E-state index contributed by atoms with van der Waals surface area (Å²) in [6.07, 6.45) is 3.98. The van der Waals surface area contributed by atoms with E-state index in [1.54, 1.807) is 0 Å². The van der Waals surface area contributed by atoms with Gasteiger partial charge < -0.3 is 0 Å². The van der Waals surface area contributed by atoms with Gasteiger partial charge >= 0.3 is 0 Å². The van der Waals surface area contributed by atoms with Crippen LogP contribution in [0.2, 0.25) is 0 Å². The topological polar surface area (TPSA) is 45.8 Å². The van der Waals surface area contributed by atoms with Gasteiger partial charge in [0.25, 0.3) is 5.56 Å². The maximum absolute atomic E-state index is 11.5. The van der Waals surface area contributed by atoms with Crippen LogP contribution in [0, 0.1) is 13.8 Å². The van der Waals surface area contributed by atoms with Crippen LogP contribution < -0.4 is 5.56 Å². The molecule has 1 aliphatic rings. The molecule has 1 fully saturated rings. The first-order valence-electron chi connectivity index (χ1n) is 6.83. The first-order valence-corrected chi connectivity index (χ1v) is 6.83. The number of H-pyrrole nitrogens is 1. The molecular formula is C16H18N2O. The van der Waals surface area contributed by atoms with E-state index in [1.807, 2.05) is 13.8 Å². The van der Waals surface area contributed by atoms with Crippen LogP contribution in [0.4, 0.5) is 0 Å². The Morgan fingerprint density at radius 3 is 2.37 bits per heavy atom. The Hall–Kier alpha value is -1.90. The molecule has 19 heavy (non-hydrogen) atoms. The Morgan fingerprint density at radius 1 is 1.11 bits per heavy atom. The van der Waals surface area contributed by atoms with Crippen LogP contribution in [0.25, 0.3) is 11.3 Å². The highest BCUT2D eigenvalue weighted by atomic mass is 16.1. The molecule has 3 rings (SSSR count). The van der Waals surface area contributed by atoms with E-state index in [0.717, 1.165) is 28.3 Å². The summed E-state index contributed by atoms with van der Waals surface area (Å²) in [6, 6.07) is 8.61. The van der Waals surface area contributed by atoms with Gasteiger partial charge in [0.15, 0.2) is 0 Å². The summed E-state index contributed by atoms with van der Waals surface area (Å²) in [5, 5.41) is 6.74. The first-order chi connectivity index (χ1) is 9.16. The largest absolute Gasteiger partial charge is 0.268 e. The molecular weight excluding hydrogens is 236 g/mol. The van der Waals surface area contributed by atoms with E-state index >= 15 is 0 Å². The van der Waals surface area contributed by atoms with Crippen LogP contribution in [0.1, 0.15) is 41.9 Å². The molecule has 0 radical (unpaired) electrons. The van der Waals surface area contributed by atoms with E-state index in [0.29, 0.717) is 0 Å². The Kier molecular flexibility index (Phi) is 2.97. The fourth-order valence-corrected chi connectivity index (χ4v) is 2.56. The smallest absolute Gasteiger partial charge is 0.267 e. The van der Waals surface area contributed by atoms with Gasteiger partial charge in [-0.15, -0.1) is 0 Å². The molecule has 2 aromatic rings. The predicted octanol–water partition coefficient (Wildman–Crippen LogP) is 3.32. The van der Waals surface area contributed by atoms with Crippen molar-refractivity contribution in [2.75, 3.05) is 0 Å². The van der Waals surface area contributed by atoms with Gasteiger partial charge in [0.1, 0.15) is 0 Å². The maximum Gasteiger partial charge on any atom is 0.267 e. The number of hydrogen-bond donors (Lipinski definition) is 1. The highest BCUT2D eigenvalue weighted by Crippen LogP contribution is 2.36. The third kappa shape index (κ3) is 2.09. The minimum atomic E-state index is -0.104. The second kappa shape index (κ2) is 4.65. The molecule has 1 N–H and O–H groups in total. The number of nitrogens with zero attached hydrogens (tertiary/aromatic N) is 1. The van der Waals surface area contributed by atoms with Crippen LogP contribution in [0.5, 0.6) is 0 Å². The van der Waals surface area contributed by atoms with Crippen LogP contribution >= 0.6 is 0 Å². The van der Waals surface area contributed by atoms with Crippen molar-refractivity contribution in [3.63, 3.8) is 0 Å². The molecule has 0 atom stereocenters. The Balaban J connectivity index is 1.98. The van der Waals surface area contributed by atoms with Crippen LogP contribution in [-0.4, -0.2) is 10.2 Å². The van der Waals surface area contributed by atoms with Gasteiger partial charge in [-0.1, -0.05) is 30.7 Å². The van der Waals surface area contributed by atoms with Gasteiger partial charge in [-0.3, -0.25) is 4.79 Å². The van der Waals surface area contributed by atoms with E-state index in [-0.39, 0.29) is 5.56 Å². The quantitative estimate of drug-likeness (QED) is 0.893. The van der Waals surface area contributed by atoms with Crippen molar-refractivity contribution in [3.8, 4) is 11.3 Å². The number of rotatable bonds is 2. The molecule has 1 aromatic heterocycles. The molecule has 0 spiro atoms. The van der Waals surface area contributed by atoms with Crippen molar-refractivity contribution in [1.82, 2.24) is 10.2 Å². The zero-order chi connectivity index (χ0) is 13.4. The lowest BCUT2D eigenvalue weighted by Gasteiger charge is -2.25. The average Bonchev–Trinajstić information content (AvgIpc) is 2.36. The van der Waals surface area contributed by atoms with Gasteiger partial charge in [-0.2, -0.15) is 5.10 Å². The van der Waals surface area contributed by atoms with Gasteiger partial charge in [-0.25, -0.2) is 5.10 Å². The van der Waals surface area contributed by atoms with Gasteiger partial charge in [-0.05, 0) is 43.7 Å². The number of aromatic amines is 1. The van der Waals surface area contributed by atoms with Crippen molar-refractivity contribution < 1.29 is 0 Å². The summed E-state index contributed by atoms with van der Waals surface area (Å²) in [7, 11) is 0. The van der Waals surface area contributed by atoms with E-state index < -0.39 is 0 Å². The maximum atomic E-state index is 11.5. The second-order valence-corrected chi connectivity index (χ2v) is 5.40. The molecule has 1 aromatic carbocycles. The van der Waals surface area contributed by atoms with Crippen LogP contribution in [0.3, 0.4) is 0 Å². The molecule has 3 heteroatoms. The highest BCUT2D eigenvalue weighted by molar-refractivity contribution is 5.63. The normalized spacial score (nSPS) is 15.3. The standard InChI is InChI=1S/C16H18N2O/c1-10-11(2)16(19)18-17-15(10)14-8-6-13(7-9-14)12-4-3-5-12/h6-9,12H,3-5H2,1-2H3,(H,18,19). The van der Waals surface area contributed by atoms with Crippen molar-refractivity contribution in [2.45, 2.75) is 39.0 Å². The lowest BCUT2D eigenvalue weighted by molar-refractivity contribution is 0.420. The molecule has 0 unspecified atom stereocenters. The number of hydrogen-bond acceptors (Lipinski definition) is 2. The summed E-state index contributed by atoms with van der Waals surface area (Å²) < 4.78 is 0. The van der Waals surface area contributed by atoms with Crippen molar-refractivity contribution in [3.05, 3.63) is 51.3 Å². The lowest BCUT2D eigenvalue weighted by Crippen LogP contribution is -2.14. The van der Waals surface area contributed by atoms with Gasteiger partial charge in [0, 0.05) is 11.1 Å². The SMILES string of the molecule is Cc1c(-c2ccc(C3CCC3)cc2)n[nH]c(=O)c1C. The van der Waals surface area contributed by atoms with Crippen LogP contribution in [0.15, 0.2) is 29.1 Å². The second-order valence-electron chi connectivity index (χ2n) is 5.40. The molecule has 0 bridgehead atoms. The molecule has 1 heterocycles. The Labute approximate surface area is 112 Å².